The third-order valence-corrected chi connectivity index (χ3v) is 4.27. The van der Waals surface area contributed by atoms with E-state index in [2.05, 4.69) is 6.58 Å². The fraction of sp³-hybridized carbons (Fsp3) is 0.913. The third kappa shape index (κ3) is 27.5. The fourth-order valence-electron chi connectivity index (χ4n) is 2.64. The van der Waals surface area contributed by atoms with Gasteiger partial charge in [-0.2, -0.15) is 0 Å². The molecule has 7 nitrogen and oxygen atoms in total. The minimum absolute atomic E-state index is 0.378. The van der Waals surface area contributed by atoms with Gasteiger partial charge in [-0.3, -0.25) is 0 Å². The number of unbranched alkanes of at least 4 members (excludes halogenated alkanes) is 7. The molecule has 1 atom stereocenters. The molecular formula is C23H46O7. The summed E-state index contributed by atoms with van der Waals surface area (Å²) in [5.74, 6) is 0. The van der Waals surface area contributed by atoms with Crippen molar-refractivity contribution in [1.82, 2.24) is 0 Å². The summed E-state index contributed by atoms with van der Waals surface area (Å²) in [6.07, 6.45) is 11.4. The first kappa shape index (κ1) is 29.5. The van der Waals surface area contributed by atoms with Crippen LogP contribution >= 0.6 is 0 Å². The van der Waals surface area contributed by atoms with Crippen molar-refractivity contribution in [3.63, 3.8) is 0 Å². The topological polar surface area (TPSA) is 75.6 Å². The van der Waals surface area contributed by atoms with Gasteiger partial charge in [0, 0.05) is 6.61 Å². The van der Waals surface area contributed by atoms with Gasteiger partial charge < -0.3 is 33.5 Å². The first-order valence-electron chi connectivity index (χ1n) is 11.6. The molecule has 0 saturated carbocycles. The molecule has 1 N–H and O–H groups in total. The fourth-order valence-corrected chi connectivity index (χ4v) is 2.64. The number of allylic oxidation sites excluding steroid dienone is 1. The zero-order valence-corrected chi connectivity index (χ0v) is 19.2. The summed E-state index contributed by atoms with van der Waals surface area (Å²) >= 11 is 0. The van der Waals surface area contributed by atoms with Crippen molar-refractivity contribution >= 4 is 0 Å². The minimum atomic E-state index is -0.749. The highest BCUT2D eigenvalue weighted by atomic mass is 16.6. The van der Waals surface area contributed by atoms with Gasteiger partial charge in [0.25, 0.3) is 0 Å². The van der Waals surface area contributed by atoms with E-state index in [4.69, 9.17) is 33.5 Å². The molecule has 7 heteroatoms. The van der Waals surface area contributed by atoms with Crippen LogP contribution in [0.4, 0.5) is 0 Å². The Labute approximate surface area is 184 Å². The van der Waals surface area contributed by atoms with Gasteiger partial charge in [0.2, 0.25) is 0 Å². The predicted molar refractivity (Wildman–Crippen MR) is 119 cm³/mol. The van der Waals surface area contributed by atoms with Crippen molar-refractivity contribution in [2.75, 3.05) is 72.7 Å². The van der Waals surface area contributed by atoms with Crippen LogP contribution in [-0.4, -0.2) is 84.1 Å². The van der Waals surface area contributed by atoms with E-state index < -0.39 is 6.29 Å². The highest BCUT2D eigenvalue weighted by Gasteiger charge is 1.96. The smallest absolute Gasteiger partial charge is 0.151 e. The van der Waals surface area contributed by atoms with Crippen LogP contribution in [0.2, 0.25) is 0 Å². The van der Waals surface area contributed by atoms with E-state index in [0.29, 0.717) is 66.1 Å². The zero-order chi connectivity index (χ0) is 22.0. The van der Waals surface area contributed by atoms with Gasteiger partial charge >= 0.3 is 0 Å². The first-order chi connectivity index (χ1) is 14.8. The van der Waals surface area contributed by atoms with Gasteiger partial charge in [-0.05, 0) is 26.2 Å². The third-order valence-electron chi connectivity index (χ3n) is 4.27. The normalized spacial score (nSPS) is 12.3. The maximum absolute atomic E-state index is 8.90. The molecule has 30 heavy (non-hydrogen) atoms. The summed E-state index contributed by atoms with van der Waals surface area (Å²) in [4.78, 5) is 0. The van der Waals surface area contributed by atoms with E-state index in [1.165, 1.54) is 38.5 Å². The maximum atomic E-state index is 8.90. The van der Waals surface area contributed by atoms with Crippen molar-refractivity contribution in [1.29, 1.82) is 0 Å². The van der Waals surface area contributed by atoms with E-state index in [-0.39, 0.29) is 0 Å². The molecule has 0 spiro atoms. The molecule has 0 aliphatic rings. The second kappa shape index (κ2) is 26.5. The molecular weight excluding hydrogens is 388 g/mol. The molecule has 0 aromatic rings. The number of ether oxygens (including phenoxy) is 6. The Morgan fingerprint density at radius 3 is 1.37 bits per heavy atom. The second-order valence-corrected chi connectivity index (χ2v) is 7.08. The number of aliphatic hydroxyl groups is 1. The molecule has 0 bridgehead atoms. The van der Waals surface area contributed by atoms with Crippen LogP contribution in [0.5, 0.6) is 0 Å². The molecule has 0 fully saturated rings. The van der Waals surface area contributed by atoms with E-state index in [0.717, 1.165) is 19.4 Å². The predicted octanol–water partition coefficient (Wildman–Crippen LogP) is 3.73. The Hall–Kier alpha value is -0.540. The number of aliphatic hydroxyl groups excluding tert-OH is 1. The monoisotopic (exact) mass is 434 g/mol. The largest absolute Gasteiger partial charge is 0.379 e. The molecule has 0 aromatic carbocycles. The lowest BCUT2D eigenvalue weighted by Gasteiger charge is -2.09. The van der Waals surface area contributed by atoms with E-state index in [1.54, 1.807) is 6.92 Å². The molecule has 0 saturated heterocycles. The van der Waals surface area contributed by atoms with Crippen molar-refractivity contribution in [2.24, 2.45) is 0 Å². The SMILES string of the molecule is C=CCCCCCCCCCOCCOCCOCCOCCOCCOC(C)O. The van der Waals surface area contributed by atoms with Crippen LogP contribution in [-0.2, 0) is 28.4 Å². The molecule has 0 aliphatic carbocycles. The zero-order valence-electron chi connectivity index (χ0n) is 19.2. The Morgan fingerprint density at radius 2 is 0.933 bits per heavy atom. The van der Waals surface area contributed by atoms with Crippen LogP contribution in [0, 0.1) is 0 Å². The Morgan fingerprint density at radius 1 is 0.567 bits per heavy atom. The van der Waals surface area contributed by atoms with Gasteiger partial charge in [-0.25, -0.2) is 0 Å². The highest BCUT2D eigenvalue weighted by molar-refractivity contribution is 4.65. The van der Waals surface area contributed by atoms with Crippen LogP contribution in [0.3, 0.4) is 0 Å². The van der Waals surface area contributed by atoms with Crippen molar-refractivity contribution in [2.45, 2.75) is 64.6 Å². The lowest BCUT2D eigenvalue weighted by molar-refractivity contribution is -0.102. The summed E-state index contributed by atoms with van der Waals surface area (Å²) in [5, 5.41) is 8.90. The minimum Gasteiger partial charge on any atom is -0.379 e. The molecule has 0 aliphatic heterocycles. The van der Waals surface area contributed by atoms with Crippen molar-refractivity contribution < 1.29 is 33.5 Å². The Bertz CT molecular complexity index is 327. The molecule has 180 valence electrons. The van der Waals surface area contributed by atoms with Crippen molar-refractivity contribution in [3.8, 4) is 0 Å². The van der Waals surface area contributed by atoms with E-state index in [1.807, 2.05) is 6.08 Å². The lowest BCUT2D eigenvalue weighted by Crippen LogP contribution is -2.15. The molecule has 0 rings (SSSR count). The molecule has 0 aromatic heterocycles. The molecule has 0 heterocycles. The average molecular weight is 435 g/mol. The lowest BCUT2D eigenvalue weighted by atomic mass is 10.1. The summed E-state index contributed by atoms with van der Waals surface area (Å²) < 4.78 is 32.1. The average Bonchev–Trinajstić information content (AvgIpc) is 2.73. The van der Waals surface area contributed by atoms with Crippen molar-refractivity contribution in [3.05, 3.63) is 12.7 Å². The summed E-state index contributed by atoms with van der Waals surface area (Å²) in [5.41, 5.74) is 0. The van der Waals surface area contributed by atoms with Gasteiger partial charge in [-0.15, -0.1) is 6.58 Å². The van der Waals surface area contributed by atoms with Crippen LogP contribution < -0.4 is 0 Å². The van der Waals surface area contributed by atoms with Crippen LogP contribution in [0.1, 0.15) is 58.3 Å². The van der Waals surface area contributed by atoms with Crippen LogP contribution in [0.15, 0.2) is 12.7 Å². The van der Waals surface area contributed by atoms with Gasteiger partial charge in [-0.1, -0.05) is 38.2 Å². The van der Waals surface area contributed by atoms with Gasteiger partial charge in [0.1, 0.15) is 0 Å². The summed E-state index contributed by atoms with van der Waals surface area (Å²) in [7, 11) is 0. The summed E-state index contributed by atoms with van der Waals surface area (Å²) in [6.45, 7) is 11.4. The maximum Gasteiger partial charge on any atom is 0.151 e. The van der Waals surface area contributed by atoms with E-state index in [9.17, 15) is 0 Å². The first-order valence-corrected chi connectivity index (χ1v) is 11.6. The van der Waals surface area contributed by atoms with Gasteiger partial charge in [0.15, 0.2) is 6.29 Å². The number of hydrogen-bond donors (Lipinski definition) is 1. The molecule has 0 radical (unpaired) electrons. The molecule has 1 unspecified atom stereocenters. The van der Waals surface area contributed by atoms with E-state index >= 15 is 0 Å². The molecule has 0 amide bonds. The quantitative estimate of drug-likeness (QED) is 0.126. The number of hydrogen-bond acceptors (Lipinski definition) is 7. The standard InChI is InChI=1S/C23H46O7/c1-3-4-5-6-7-8-9-10-11-12-25-13-14-26-15-16-27-17-18-28-19-20-29-21-22-30-23(2)24/h3,23-24H,1,4-22H2,2H3. The highest BCUT2D eigenvalue weighted by Crippen LogP contribution is 2.08. The Balaban J connectivity index is 2.99. The Kier molecular flexibility index (Phi) is 26.0. The second-order valence-electron chi connectivity index (χ2n) is 7.08. The number of rotatable bonds is 26. The van der Waals surface area contributed by atoms with Gasteiger partial charge in [0.05, 0.1) is 66.1 Å². The summed E-state index contributed by atoms with van der Waals surface area (Å²) in [6, 6.07) is 0. The van der Waals surface area contributed by atoms with Crippen LogP contribution in [0.25, 0.3) is 0 Å².